The van der Waals surface area contributed by atoms with Gasteiger partial charge in [0.05, 0.1) is 6.07 Å². The van der Waals surface area contributed by atoms with Crippen LogP contribution < -0.4 is 0 Å². The molecular formula is C27H42N2. The number of hydrogen-bond acceptors (Lipinski definition) is 2. The molecule has 0 aromatic rings. The van der Waals surface area contributed by atoms with Gasteiger partial charge in [-0.15, -0.1) is 0 Å². The molecule has 0 aromatic heterocycles. The summed E-state index contributed by atoms with van der Waals surface area (Å²) >= 11 is 0. The van der Waals surface area contributed by atoms with E-state index in [0.717, 1.165) is 38.8 Å². The summed E-state index contributed by atoms with van der Waals surface area (Å²) < 4.78 is 0. The van der Waals surface area contributed by atoms with Crippen molar-refractivity contribution < 1.29 is 0 Å². The third-order valence-corrected chi connectivity index (χ3v) is 6.47. The van der Waals surface area contributed by atoms with Crippen LogP contribution in [-0.4, -0.2) is 25.0 Å². The van der Waals surface area contributed by atoms with Crippen LogP contribution in [-0.2, 0) is 0 Å². The largest absolute Gasteiger partial charge is 0.303 e. The Labute approximate surface area is 180 Å². The van der Waals surface area contributed by atoms with Crippen LogP contribution in [0.1, 0.15) is 67.2 Å². The Morgan fingerprint density at radius 3 is 2.52 bits per heavy atom. The fraction of sp³-hybridized carbons (Fsp3) is 0.667. The topological polar surface area (TPSA) is 27.0 Å². The summed E-state index contributed by atoms with van der Waals surface area (Å²) in [7, 11) is 2.17. The fourth-order valence-corrected chi connectivity index (χ4v) is 3.67. The first-order valence-electron chi connectivity index (χ1n) is 11.6. The molecule has 1 aliphatic rings. The van der Waals surface area contributed by atoms with E-state index in [-0.39, 0.29) is 11.8 Å². The normalized spacial score (nSPS) is 24.4. The summed E-state index contributed by atoms with van der Waals surface area (Å²) in [5.41, 5.74) is 2.82. The van der Waals surface area contributed by atoms with Gasteiger partial charge in [0.15, 0.2) is 0 Å². The first-order valence-corrected chi connectivity index (χ1v) is 11.6. The second kappa shape index (κ2) is 13.5. The maximum atomic E-state index is 9.20. The highest BCUT2D eigenvalue weighted by atomic mass is 15.1. The fourth-order valence-electron chi connectivity index (χ4n) is 3.67. The van der Waals surface area contributed by atoms with Crippen molar-refractivity contribution in [3.05, 3.63) is 35.5 Å². The molecule has 5 unspecified atom stereocenters. The molecule has 2 nitrogen and oxygen atoms in total. The summed E-state index contributed by atoms with van der Waals surface area (Å²) in [5.74, 6) is 8.71. The Bertz CT molecular complexity index is 680. The van der Waals surface area contributed by atoms with Gasteiger partial charge in [0.1, 0.15) is 0 Å². The molecule has 0 radical (unpaired) electrons. The molecule has 0 amide bonds. The molecule has 0 spiro atoms. The van der Waals surface area contributed by atoms with Gasteiger partial charge in [-0.2, -0.15) is 5.26 Å². The highest BCUT2D eigenvalue weighted by molar-refractivity contribution is 5.43. The van der Waals surface area contributed by atoms with Crippen LogP contribution in [0.2, 0.25) is 0 Å². The molecule has 0 saturated carbocycles. The lowest BCUT2D eigenvalue weighted by atomic mass is 9.81. The highest BCUT2D eigenvalue weighted by Crippen LogP contribution is 2.31. The molecule has 0 heterocycles. The lowest BCUT2D eigenvalue weighted by molar-refractivity contribution is 0.390. The Hall–Kier alpha value is -1.77. The quantitative estimate of drug-likeness (QED) is 0.290. The molecule has 0 N–H and O–H groups in total. The number of nitriles is 1. The molecule has 2 heteroatoms. The molecule has 1 aliphatic carbocycles. The van der Waals surface area contributed by atoms with E-state index in [2.05, 4.69) is 95.7 Å². The zero-order chi connectivity index (χ0) is 21.8. The van der Waals surface area contributed by atoms with Gasteiger partial charge in [0, 0.05) is 18.4 Å². The number of likely N-dealkylation sites (N-methyl/N-ethyl adjacent to an activating group) is 1. The van der Waals surface area contributed by atoms with Crippen molar-refractivity contribution >= 4 is 0 Å². The third-order valence-electron chi connectivity index (χ3n) is 6.47. The van der Waals surface area contributed by atoms with Crippen LogP contribution in [0.15, 0.2) is 35.5 Å². The van der Waals surface area contributed by atoms with Crippen LogP contribution in [0.25, 0.3) is 0 Å². The molecule has 0 bridgehead atoms. The van der Waals surface area contributed by atoms with E-state index in [4.69, 9.17) is 0 Å². The maximum absolute atomic E-state index is 9.20. The van der Waals surface area contributed by atoms with Crippen LogP contribution in [0.5, 0.6) is 0 Å². The monoisotopic (exact) mass is 394 g/mol. The van der Waals surface area contributed by atoms with Crippen molar-refractivity contribution in [2.45, 2.75) is 67.2 Å². The molecule has 0 fully saturated rings. The second-order valence-corrected chi connectivity index (χ2v) is 8.70. The van der Waals surface area contributed by atoms with Gasteiger partial charge in [0.2, 0.25) is 0 Å². The van der Waals surface area contributed by atoms with Crippen molar-refractivity contribution in [3.63, 3.8) is 0 Å². The summed E-state index contributed by atoms with van der Waals surface area (Å²) in [6.07, 6.45) is 13.4. The van der Waals surface area contributed by atoms with Crippen molar-refractivity contribution in [1.29, 1.82) is 5.26 Å². The number of allylic oxidation sites excluding steroid dienone is 5. The molecular weight excluding hydrogens is 352 g/mol. The van der Waals surface area contributed by atoms with E-state index in [1.165, 1.54) is 11.1 Å². The summed E-state index contributed by atoms with van der Waals surface area (Å²) in [6.45, 7) is 15.5. The standard InChI is InChI=1S/C27H42N2/c1-8-21(4)27(18-19-29(7)10-3)26-13-11-12-25(17-15-23(26)6)22(5)14-16-24(9-2)20-28/h13,15,17-18,21-25H,8-10,14,16,19H2,1-7H3/b17-15?,26-13+,27-18+. The van der Waals surface area contributed by atoms with E-state index >= 15 is 0 Å². The average molecular weight is 395 g/mol. The molecule has 0 aliphatic heterocycles. The van der Waals surface area contributed by atoms with Gasteiger partial charge in [-0.05, 0) is 74.3 Å². The van der Waals surface area contributed by atoms with Crippen molar-refractivity contribution in [2.75, 3.05) is 20.1 Å². The zero-order valence-electron chi connectivity index (χ0n) is 19.8. The Morgan fingerprint density at radius 2 is 1.93 bits per heavy atom. The van der Waals surface area contributed by atoms with Gasteiger partial charge in [-0.1, -0.05) is 71.6 Å². The Kier molecular flexibility index (Phi) is 11.7. The smallest absolute Gasteiger partial charge is 0.0655 e. The SMILES string of the molecule is CCC(C#N)CCC(C)C1C#C/C=C(/C(=C/CN(C)CC)C(C)CC)C(C)C=C1. The zero-order valence-corrected chi connectivity index (χ0v) is 19.8. The van der Waals surface area contributed by atoms with Gasteiger partial charge < -0.3 is 4.90 Å². The minimum Gasteiger partial charge on any atom is -0.303 e. The van der Waals surface area contributed by atoms with E-state index in [0.29, 0.717) is 17.8 Å². The third kappa shape index (κ3) is 8.24. The summed E-state index contributed by atoms with van der Waals surface area (Å²) in [4.78, 5) is 2.33. The molecule has 0 aromatic carbocycles. The first kappa shape index (κ1) is 25.3. The lowest BCUT2D eigenvalue weighted by Crippen LogP contribution is -2.19. The van der Waals surface area contributed by atoms with E-state index in [9.17, 15) is 5.26 Å². The van der Waals surface area contributed by atoms with Crippen LogP contribution >= 0.6 is 0 Å². The molecule has 0 saturated heterocycles. The molecule has 29 heavy (non-hydrogen) atoms. The predicted molar refractivity (Wildman–Crippen MR) is 126 cm³/mol. The van der Waals surface area contributed by atoms with Gasteiger partial charge in [-0.25, -0.2) is 0 Å². The van der Waals surface area contributed by atoms with Gasteiger partial charge in [-0.3, -0.25) is 0 Å². The molecule has 5 atom stereocenters. The molecule has 1 rings (SSSR count). The highest BCUT2D eigenvalue weighted by Gasteiger charge is 2.19. The van der Waals surface area contributed by atoms with E-state index < -0.39 is 0 Å². The van der Waals surface area contributed by atoms with Crippen molar-refractivity contribution in [1.82, 2.24) is 4.90 Å². The number of nitrogens with zero attached hydrogens (tertiary/aromatic N) is 2. The predicted octanol–water partition coefficient (Wildman–Crippen LogP) is 6.63. The minimum atomic E-state index is 0.179. The van der Waals surface area contributed by atoms with Crippen LogP contribution in [0.4, 0.5) is 0 Å². The Morgan fingerprint density at radius 1 is 1.21 bits per heavy atom. The van der Waals surface area contributed by atoms with Gasteiger partial charge in [0.25, 0.3) is 0 Å². The van der Waals surface area contributed by atoms with Crippen molar-refractivity contribution in [2.24, 2.45) is 29.6 Å². The first-order chi connectivity index (χ1) is 13.9. The van der Waals surface area contributed by atoms with E-state index in [1.54, 1.807) is 0 Å². The number of hydrogen-bond donors (Lipinski definition) is 0. The van der Waals surface area contributed by atoms with Crippen LogP contribution in [0, 0.1) is 52.8 Å². The minimum absolute atomic E-state index is 0.179. The maximum Gasteiger partial charge on any atom is 0.0655 e. The Balaban J connectivity index is 3.02. The summed E-state index contributed by atoms with van der Waals surface area (Å²) in [5, 5.41) is 9.20. The lowest BCUT2D eigenvalue weighted by Gasteiger charge is -2.24. The second-order valence-electron chi connectivity index (χ2n) is 8.70. The van der Waals surface area contributed by atoms with Gasteiger partial charge >= 0.3 is 0 Å². The van der Waals surface area contributed by atoms with Crippen LogP contribution in [0.3, 0.4) is 0 Å². The number of rotatable bonds is 11. The average Bonchev–Trinajstić information content (AvgIpc) is 2.72. The van der Waals surface area contributed by atoms with Crippen molar-refractivity contribution in [3.8, 4) is 17.9 Å². The molecule has 160 valence electrons. The van der Waals surface area contributed by atoms with E-state index in [1.807, 2.05) is 0 Å². The summed E-state index contributed by atoms with van der Waals surface area (Å²) in [6, 6.07) is 2.42.